The molecule has 5 nitrogen and oxygen atoms in total. The predicted octanol–water partition coefficient (Wildman–Crippen LogP) is 1.92. The summed E-state index contributed by atoms with van der Waals surface area (Å²) in [5, 5.41) is 3.89. The number of aromatic nitrogens is 3. The number of nitrogens with zero attached hydrogens (tertiary/aromatic N) is 2. The average Bonchev–Trinajstić information content (AvgIpc) is 2.49. The maximum Gasteiger partial charge on any atom is 0.258 e. The fourth-order valence-electron chi connectivity index (χ4n) is 2.22. The lowest BCUT2D eigenvalue weighted by atomic mass is 10.1. The van der Waals surface area contributed by atoms with Gasteiger partial charge in [0.05, 0.1) is 17.4 Å². The van der Waals surface area contributed by atoms with Gasteiger partial charge in [-0.1, -0.05) is 12.1 Å². The van der Waals surface area contributed by atoms with E-state index in [9.17, 15) is 4.79 Å². The quantitative estimate of drug-likeness (QED) is 0.766. The Hall–Kier alpha value is -2.53. The van der Waals surface area contributed by atoms with Crippen LogP contribution in [-0.4, -0.2) is 15.0 Å². The Bertz CT molecular complexity index is 826. The van der Waals surface area contributed by atoms with Crippen LogP contribution in [0.1, 0.15) is 17.0 Å². The van der Waals surface area contributed by atoms with Crippen molar-refractivity contribution in [2.75, 3.05) is 0 Å². The molecule has 0 saturated heterocycles. The second kappa shape index (κ2) is 5.85. The van der Waals surface area contributed by atoms with E-state index in [1.807, 2.05) is 30.5 Å². The van der Waals surface area contributed by atoms with Gasteiger partial charge in [0.1, 0.15) is 5.82 Å². The third-order valence-corrected chi connectivity index (χ3v) is 3.42. The maximum atomic E-state index is 12.0. The summed E-state index contributed by atoms with van der Waals surface area (Å²) in [6.07, 6.45) is 3.63. The van der Waals surface area contributed by atoms with Crippen LogP contribution in [0.2, 0.25) is 0 Å². The highest BCUT2D eigenvalue weighted by Crippen LogP contribution is 2.06. The summed E-state index contributed by atoms with van der Waals surface area (Å²) in [4.78, 5) is 23.3. The van der Waals surface area contributed by atoms with Crippen LogP contribution >= 0.6 is 0 Å². The van der Waals surface area contributed by atoms with Gasteiger partial charge in [-0.05, 0) is 36.2 Å². The maximum absolute atomic E-state index is 12.0. The molecule has 106 valence electrons. The summed E-state index contributed by atoms with van der Waals surface area (Å²) in [6, 6.07) is 9.32. The molecule has 3 rings (SSSR count). The van der Waals surface area contributed by atoms with Crippen LogP contribution < -0.4 is 10.9 Å². The Labute approximate surface area is 122 Å². The van der Waals surface area contributed by atoms with Crippen molar-refractivity contribution in [3.05, 3.63) is 70.0 Å². The molecule has 1 aromatic carbocycles. The van der Waals surface area contributed by atoms with Gasteiger partial charge in [-0.15, -0.1) is 0 Å². The summed E-state index contributed by atoms with van der Waals surface area (Å²) in [7, 11) is 0. The Balaban J connectivity index is 1.74. The summed E-state index contributed by atoms with van der Waals surface area (Å²) >= 11 is 0. The lowest BCUT2D eigenvalue weighted by Crippen LogP contribution is -2.19. The molecule has 5 heteroatoms. The van der Waals surface area contributed by atoms with E-state index < -0.39 is 0 Å². The zero-order valence-corrected chi connectivity index (χ0v) is 11.8. The molecule has 0 amide bonds. The second-order valence-corrected chi connectivity index (χ2v) is 4.94. The highest BCUT2D eigenvalue weighted by molar-refractivity contribution is 5.77. The van der Waals surface area contributed by atoms with Crippen LogP contribution in [0.5, 0.6) is 0 Å². The summed E-state index contributed by atoms with van der Waals surface area (Å²) in [6.45, 7) is 3.25. The molecule has 2 N–H and O–H groups in total. The first-order valence-electron chi connectivity index (χ1n) is 6.82. The van der Waals surface area contributed by atoms with Gasteiger partial charge in [0.25, 0.3) is 5.56 Å². The fraction of sp³-hybridized carbons (Fsp3) is 0.188. The standard InChI is InChI=1S/C16H16N4O/c1-11-6-7-17-8-12(11)9-18-10-15-19-14-5-3-2-4-13(14)16(21)20-15/h2-8,18H,9-10H2,1H3,(H,19,20,21). The molecule has 0 aliphatic carbocycles. The molecule has 0 unspecified atom stereocenters. The monoisotopic (exact) mass is 280 g/mol. The van der Waals surface area contributed by atoms with Crippen molar-refractivity contribution in [2.45, 2.75) is 20.0 Å². The molecule has 2 aromatic heterocycles. The lowest BCUT2D eigenvalue weighted by molar-refractivity contribution is 0.659. The Morgan fingerprint density at radius 2 is 2.05 bits per heavy atom. The normalized spacial score (nSPS) is 10.9. The van der Waals surface area contributed by atoms with E-state index in [0.29, 0.717) is 24.3 Å². The van der Waals surface area contributed by atoms with Crippen LogP contribution in [0.25, 0.3) is 10.9 Å². The van der Waals surface area contributed by atoms with Gasteiger partial charge in [-0.25, -0.2) is 4.98 Å². The van der Waals surface area contributed by atoms with E-state index >= 15 is 0 Å². The topological polar surface area (TPSA) is 70.7 Å². The van der Waals surface area contributed by atoms with E-state index in [0.717, 1.165) is 11.1 Å². The molecule has 0 aliphatic rings. The van der Waals surface area contributed by atoms with Crippen molar-refractivity contribution in [2.24, 2.45) is 0 Å². The Morgan fingerprint density at radius 3 is 2.90 bits per heavy atom. The molecule has 0 saturated carbocycles. The van der Waals surface area contributed by atoms with Crippen molar-refractivity contribution >= 4 is 10.9 Å². The highest BCUT2D eigenvalue weighted by Gasteiger charge is 2.03. The van der Waals surface area contributed by atoms with Gasteiger partial charge < -0.3 is 10.3 Å². The zero-order chi connectivity index (χ0) is 14.7. The second-order valence-electron chi connectivity index (χ2n) is 4.94. The van der Waals surface area contributed by atoms with Gasteiger partial charge in [-0.2, -0.15) is 0 Å². The van der Waals surface area contributed by atoms with Crippen LogP contribution in [0.15, 0.2) is 47.5 Å². The van der Waals surface area contributed by atoms with Crippen molar-refractivity contribution in [1.29, 1.82) is 0 Å². The molecule has 3 aromatic rings. The van der Waals surface area contributed by atoms with Gasteiger partial charge in [0, 0.05) is 18.9 Å². The van der Waals surface area contributed by atoms with Crippen molar-refractivity contribution in [3.63, 3.8) is 0 Å². The largest absolute Gasteiger partial charge is 0.309 e. The SMILES string of the molecule is Cc1ccncc1CNCc1nc2ccccc2c(=O)[nH]1. The molecule has 0 fully saturated rings. The molecular formula is C16H16N4O. The van der Waals surface area contributed by atoms with Crippen LogP contribution in [-0.2, 0) is 13.1 Å². The number of rotatable bonds is 4. The van der Waals surface area contributed by atoms with E-state index in [1.165, 1.54) is 5.56 Å². The predicted molar refractivity (Wildman–Crippen MR) is 81.9 cm³/mol. The molecule has 0 aliphatic heterocycles. The lowest BCUT2D eigenvalue weighted by Gasteiger charge is -2.07. The number of hydrogen-bond donors (Lipinski definition) is 2. The summed E-state index contributed by atoms with van der Waals surface area (Å²) in [5.41, 5.74) is 2.95. The average molecular weight is 280 g/mol. The van der Waals surface area contributed by atoms with Gasteiger partial charge in [0.2, 0.25) is 0 Å². The van der Waals surface area contributed by atoms with Gasteiger partial charge in [0.15, 0.2) is 0 Å². The molecule has 0 atom stereocenters. The first kappa shape index (κ1) is 13.5. The number of H-pyrrole nitrogens is 1. The number of aromatic amines is 1. The van der Waals surface area contributed by atoms with E-state index in [4.69, 9.17) is 0 Å². The molecule has 0 spiro atoms. The summed E-state index contributed by atoms with van der Waals surface area (Å²) in [5.74, 6) is 0.639. The first-order chi connectivity index (χ1) is 10.2. The number of para-hydroxylation sites is 1. The minimum atomic E-state index is -0.102. The highest BCUT2D eigenvalue weighted by atomic mass is 16.1. The number of aryl methyl sites for hydroxylation is 1. The van der Waals surface area contributed by atoms with Crippen LogP contribution in [0.3, 0.4) is 0 Å². The first-order valence-corrected chi connectivity index (χ1v) is 6.82. The van der Waals surface area contributed by atoms with E-state index in [2.05, 4.69) is 27.2 Å². The van der Waals surface area contributed by atoms with Crippen molar-refractivity contribution in [3.8, 4) is 0 Å². The van der Waals surface area contributed by atoms with Crippen LogP contribution in [0.4, 0.5) is 0 Å². The van der Waals surface area contributed by atoms with Crippen molar-refractivity contribution in [1.82, 2.24) is 20.3 Å². The smallest absolute Gasteiger partial charge is 0.258 e. The van der Waals surface area contributed by atoms with Gasteiger partial charge >= 0.3 is 0 Å². The zero-order valence-electron chi connectivity index (χ0n) is 11.8. The third kappa shape index (κ3) is 2.98. The van der Waals surface area contributed by atoms with Gasteiger partial charge in [-0.3, -0.25) is 9.78 Å². The minimum absolute atomic E-state index is 0.102. The number of pyridine rings is 1. The Kier molecular flexibility index (Phi) is 3.75. The van der Waals surface area contributed by atoms with E-state index in [1.54, 1.807) is 12.3 Å². The van der Waals surface area contributed by atoms with E-state index in [-0.39, 0.29) is 5.56 Å². The Morgan fingerprint density at radius 1 is 1.19 bits per heavy atom. The fourth-order valence-corrected chi connectivity index (χ4v) is 2.22. The van der Waals surface area contributed by atoms with Crippen LogP contribution in [0, 0.1) is 6.92 Å². The number of benzene rings is 1. The summed E-state index contributed by atoms with van der Waals surface area (Å²) < 4.78 is 0. The number of nitrogens with one attached hydrogen (secondary N) is 2. The van der Waals surface area contributed by atoms with Crippen molar-refractivity contribution < 1.29 is 0 Å². The molecule has 0 radical (unpaired) electrons. The minimum Gasteiger partial charge on any atom is -0.309 e. The number of fused-ring (bicyclic) bond motifs is 1. The molecular weight excluding hydrogens is 264 g/mol. The molecule has 0 bridgehead atoms. The third-order valence-electron chi connectivity index (χ3n) is 3.42. The molecule has 21 heavy (non-hydrogen) atoms. The number of hydrogen-bond acceptors (Lipinski definition) is 4. The molecule has 2 heterocycles.